The monoisotopic (exact) mass is 477 g/mol. The van der Waals surface area contributed by atoms with Gasteiger partial charge in [0.05, 0.1) is 0 Å². The summed E-state index contributed by atoms with van der Waals surface area (Å²) in [6.07, 6.45) is 0. The largest absolute Gasteiger partial charge is 0.355 e. The van der Waals surface area contributed by atoms with Gasteiger partial charge in [0.2, 0.25) is 0 Å². The molecule has 1 N–H and O–H groups in total. The second kappa shape index (κ2) is 9.26. The van der Waals surface area contributed by atoms with E-state index in [1.54, 1.807) is 0 Å². The zero-order chi connectivity index (χ0) is 25.4. The third-order valence-corrected chi connectivity index (χ3v) is 7.17. The van der Waals surface area contributed by atoms with Gasteiger partial charge in [0, 0.05) is 11.4 Å². The van der Waals surface area contributed by atoms with Gasteiger partial charge < -0.3 is 5.32 Å². The van der Waals surface area contributed by atoms with E-state index in [1.807, 2.05) is 0 Å². The maximum absolute atomic E-state index is 3.69. The summed E-state index contributed by atoms with van der Waals surface area (Å²) in [7, 11) is 0. The van der Waals surface area contributed by atoms with Crippen LogP contribution in [0.1, 0.15) is 26.3 Å². The predicted octanol–water partition coefficient (Wildman–Crippen LogP) is 10.4. The third-order valence-electron chi connectivity index (χ3n) is 7.17. The highest BCUT2D eigenvalue weighted by atomic mass is 14.9. The molecule has 180 valence electrons. The van der Waals surface area contributed by atoms with Crippen LogP contribution in [0.4, 0.5) is 11.4 Å². The van der Waals surface area contributed by atoms with Crippen LogP contribution < -0.4 is 5.32 Å². The van der Waals surface area contributed by atoms with Crippen molar-refractivity contribution in [1.29, 1.82) is 0 Å². The third kappa shape index (κ3) is 4.49. The van der Waals surface area contributed by atoms with Crippen molar-refractivity contribution in [2.45, 2.75) is 26.2 Å². The molecule has 0 atom stereocenters. The molecule has 0 saturated heterocycles. The lowest BCUT2D eigenvalue weighted by Crippen LogP contribution is -2.13. The first kappa shape index (κ1) is 23.1. The Morgan fingerprint density at radius 2 is 1.11 bits per heavy atom. The average Bonchev–Trinajstić information content (AvgIpc) is 2.92. The fourth-order valence-corrected chi connectivity index (χ4v) is 5.33. The quantitative estimate of drug-likeness (QED) is 0.266. The highest BCUT2D eigenvalue weighted by molar-refractivity contribution is 6.06. The Balaban J connectivity index is 1.42. The zero-order valence-electron chi connectivity index (χ0n) is 21.6. The summed E-state index contributed by atoms with van der Waals surface area (Å²) >= 11 is 0. The number of benzene rings is 6. The Morgan fingerprint density at radius 3 is 1.84 bits per heavy atom. The molecule has 0 fully saturated rings. The number of anilines is 2. The SMILES string of the molecule is CC(C)(C)c1ccccc1Nc1cccc(-c2ccc(-c3ccc4ccccc4c3)c3ccccc23)c1. The molecule has 0 radical (unpaired) electrons. The van der Waals surface area contributed by atoms with Crippen molar-refractivity contribution < 1.29 is 0 Å². The minimum Gasteiger partial charge on any atom is -0.355 e. The second-order valence-corrected chi connectivity index (χ2v) is 10.8. The van der Waals surface area contributed by atoms with E-state index >= 15 is 0 Å². The maximum atomic E-state index is 3.69. The van der Waals surface area contributed by atoms with Crippen LogP contribution in [0.5, 0.6) is 0 Å². The van der Waals surface area contributed by atoms with Gasteiger partial charge >= 0.3 is 0 Å². The summed E-state index contributed by atoms with van der Waals surface area (Å²) < 4.78 is 0. The van der Waals surface area contributed by atoms with Crippen LogP contribution >= 0.6 is 0 Å². The first-order chi connectivity index (χ1) is 18.0. The van der Waals surface area contributed by atoms with Gasteiger partial charge in [-0.3, -0.25) is 0 Å². The van der Waals surface area contributed by atoms with Gasteiger partial charge in [-0.2, -0.15) is 0 Å². The van der Waals surface area contributed by atoms with E-state index in [2.05, 4.69) is 153 Å². The number of hydrogen-bond acceptors (Lipinski definition) is 1. The Labute approximate surface area is 219 Å². The molecule has 0 aromatic heterocycles. The number of para-hydroxylation sites is 1. The molecule has 0 unspecified atom stereocenters. The van der Waals surface area contributed by atoms with Gasteiger partial charge in [0.1, 0.15) is 0 Å². The van der Waals surface area contributed by atoms with Crippen LogP contribution in [0.15, 0.2) is 127 Å². The van der Waals surface area contributed by atoms with E-state index in [1.165, 1.54) is 49.4 Å². The fourth-order valence-electron chi connectivity index (χ4n) is 5.33. The molecule has 0 aliphatic rings. The number of nitrogens with one attached hydrogen (secondary N) is 1. The van der Waals surface area contributed by atoms with Crippen molar-refractivity contribution in [3.05, 3.63) is 133 Å². The van der Waals surface area contributed by atoms with E-state index in [0.717, 1.165) is 11.4 Å². The molecule has 6 aromatic carbocycles. The summed E-state index contributed by atoms with van der Waals surface area (Å²) in [5.74, 6) is 0. The van der Waals surface area contributed by atoms with Crippen molar-refractivity contribution in [2.75, 3.05) is 5.32 Å². The van der Waals surface area contributed by atoms with Crippen molar-refractivity contribution in [2.24, 2.45) is 0 Å². The number of fused-ring (bicyclic) bond motifs is 2. The maximum Gasteiger partial charge on any atom is 0.0422 e. The van der Waals surface area contributed by atoms with Gasteiger partial charge in [-0.15, -0.1) is 0 Å². The molecule has 1 heteroatoms. The number of hydrogen-bond donors (Lipinski definition) is 1. The van der Waals surface area contributed by atoms with Gasteiger partial charge in [-0.25, -0.2) is 0 Å². The Morgan fingerprint density at radius 1 is 0.486 bits per heavy atom. The first-order valence-electron chi connectivity index (χ1n) is 13.0. The van der Waals surface area contributed by atoms with Crippen LogP contribution in [0.3, 0.4) is 0 Å². The molecule has 6 aromatic rings. The molecule has 0 saturated carbocycles. The average molecular weight is 478 g/mol. The molecule has 0 aliphatic carbocycles. The lowest BCUT2D eigenvalue weighted by Gasteiger charge is -2.23. The molecule has 0 bridgehead atoms. The summed E-state index contributed by atoms with van der Waals surface area (Å²) in [5, 5.41) is 8.76. The van der Waals surface area contributed by atoms with E-state index in [9.17, 15) is 0 Å². The minimum atomic E-state index is 0.0655. The first-order valence-corrected chi connectivity index (χ1v) is 13.0. The van der Waals surface area contributed by atoms with Crippen molar-refractivity contribution >= 4 is 32.9 Å². The van der Waals surface area contributed by atoms with Crippen LogP contribution in [0.25, 0.3) is 43.8 Å². The molecule has 0 spiro atoms. The highest BCUT2D eigenvalue weighted by Crippen LogP contribution is 2.38. The van der Waals surface area contributed by atoms with E-state index in [-0.39, 0.29) is 5.41 Å². The van der Waals surface area contributed by atoms with E-state index < -0.39 is 0 Å². The molecule has 6 rings (SSSR count). The van der Waals surface area contributed by atoms with Gasteiger partial charge in [0.25, 0.3) is 0 Å². The normalized spacial score (nSPS) is 11.6. The number of rotatable bonds is 4. The minimum absolute atomic E-state index is 0.0655. The smallest absolute Gasteiger partial charge is 0.0422 e. The van der Waals surface area contributed by atoms with Crippen LogP contribution in [0, 0.1) is 0 Å². The lowest BCUT2D eigenvalue weighted by atomic mass is 9.85. The van der Waals surface area contributed by atoms with Gasteiger partial charge in [-0.1, -0.05) is 124 Å². The Hall–Kier alpha value is -4.36. The summed E-state index contributed by atoms with van der Waals surface area (Å²) in [5.41, 5.74) is 8.59. The molecular formula is C36H31N. The summed E-state index contributed by atoms with van der Waals surface area (Å²) in [6, 6.07) is 46.0. The van der Waals surface area contributed by atoms with Crippen LogP contribution in [0.2, 0.25) is 0 Å². The molecule has 0 heterocycles. The Bertz CT molecular complexity index is 1740. The lowest BCUT2D eigenvalue weighted by molar-refractivity contribution is 0.592. The molecular weight excluding hydrogens is 446 g/mol. The highest BCUT2D eigenvalue weighted by Gasteiger charge is 2.17. The topological polar surface area (TPSA) is 12.0 Å². The van der Waals surface area contributed by atoms with Crippen LogP contribution in [-0.2, 0) is 5.41 Å². The predicted molar refractivity (Wildman–Crippen MR) is 161 cm³/mol. The van der Waals surface area contributed by atoms with E-state index in [4.69, 9.17) is 0 Å². The fraction of sp³-hybridized carbons (Fsp3) is 0.111. The molecule has 0 amide bonds. The zero-order valence-corrected chi connectivity index (χ0v) is 21.6. The molecule has 37 heavy (non-hydrogen) atoms. The van der Waals surface area contributed by atoms with Crippen LogP contribution in [-0.4, -0.2) is 0 Å². The van der Waals surface area contributed by atoms with Crippen molar-refractivity contribution in [3.63, 3.8) is 0 Å². The van der Waals surface area contributed by atoms with E-state index in [0.29, 0.717) is 0 Å². The van der Waals surface area contributed by atoms with Gasteiger partial charge in [-0.05, 0) is 79.0 Å². The summed E-state index contributed by atoms with van der Waals surface area (Å²) in [4.78, 5) is 0. The molecule has 0 aliphatic heterocycles. The Kier molecular flexibility index (Phi) is 5.77. The second-order valence-electron chi connectivity index (χ2n) is 10.8. The summed E-state index contributed by atoms with van der Waals surface area (Å²) in [6.45, 7) is 6.77. The van der Waals surface area contributed by atoms with Gasteiger partial charge in [0.15, 0.2) is 0 Å². The van der Waals surface area contributed by atoms with Crippen molar-refractivity contribution in [3.8, 4) is 22.3 Å². The molecule has 1 nitrogen and oxygen atoms in total. The standard InChI is InChI=1S/C36H31N/c1-36(2,3)34-17-8-9-18-35(34)37-29-14-10-13-27(24-29)30-21-22-31(33-16-7-6-15-32(30)33)28-20-19-25-11-4-5-12-26(25)23-28/h4-24,37H,1-3H3. The van der Waals surface area contributed by atoms with Crippen molar-refractivity contribution in [1.82, 2.24) is 0 Å².